The summed E-state index contributed by atoms with van der Waals surface area (Å²) in [7, 11) is 0. The largest absolute Gasteiger partial charge is 0.474 e. The number of ether oxygens (including phenoxy) is 2. The van der Waals surface area contributed by atoms with Gasteiger partial charge in [-0.25, -0.2) is 14.8 Å². The molecular formula is C47H52N10O7. The van der Waals surface area contributed by atoms with E-state index < -0.39 is 41.4 Å². The van der Waals surface area contributed by atoms with Gasteiger partial charge in [0.15, 0.2) is 0 Å². The number of pyridine rings is 2. The minimum atomic E-state index is -0.975. The number of anilines is 6. The van der Waals surface area contributed by atoms with E-state index in [1.54, 1.807) is 17.0 Å². The van der Waals surface area contributed by atoms with Gasteiger partial charge in [0.05, 0.1) is 29.6 Å². The number of imide groups is 2. The number of piperidine rings is 1. The molecule has 6 aliphatic heterocycles. The van der Waals surface area contributed by atoms with Crippen LogP contribution in [0.3, 0.4) is 0 Å². The average molecular weight is 869 g/mol. The molecule has 332 valence electrons. The van der Waals surface area contributed by atoms with Crippen molar-refractivity contribution >= 4 is 64.0 Å². The summed E-state index contributed by atoms with van der Waals surface area (Å²) < 4.78 is 11.6. The van der Waals surface area contributed by atoms with E-state index in [2.05, 4.69) is 65.5 Å². The highest BCUT2D eigenvalue weighted by Gasteiger charge is 2.45. The Kier molecular flexibility index (Phi) is 10.4. The van der Waals surface area contributed by atoms with Crippen molar-refractivity contribution in [1.29, 1.82) is 0 Å². The molecule has 4 aromatic rings. The summed E-state index contributed by atoms with van der Waals surface area (Å²) in [6, 6.07) is 15.3. The number of benzene rings is 2. The van der Waals surface area contributed by atoms with Crippen LogP contribution in [-0.4, -0.2) is 126 Å². The van der Waals surface area contributed by atoms with E-state index in [0.29, 0.717) is 48.4 Å². The number of nitrogens with one attached hydrogen (secondary N) is 2. The molecule has 2 N–H and O–H groups in total. The monoisotopic (exact) mass is 868 g/mol. The Morgan fingerprint density at radius 3 is 2.31 bits per heavy atom. The smallest absolute Gasteiger partial charge is 0.415 e. The van der Waals surface area contributed by atoms with Crippen molar-refractivity contribution in [3.8, 4) is 5.88 Å². The molecule has 2 aromatic heterocycles. The molecule has 2 aromatic carbocycles. The lowest BCUT2D eigenvalue weighted by atomic mass is 10.0. The molecule has 0 bridgehead atoms. The first-order valence-corrected chi connectivity index (χ1v) is 22.1. The zero-order chi connectivity index (χ0) is 44.4. The standard InChI is InChI=1S/C47H52N10O7/c1-28-38(24-49-43-41(28)56(19-20-63-43)46(62)64-47(2,3)4)54-14-13-29-23-48-39(21-30(29)25-54)50-31-5-7-32(8-6-31)52-15-17-53(18-16-52)34-26-55(27-34)33-9-10-35-36(22-33)45(61)57(44(35)60)37-11-12-40(58)51-42(37)59/h5-10,21-24,34,37H,11-20,25-27H2,1-4H3,(H,48,50)(H,51,58,59). The van der Waals surface area contributed by atoms with Gasteiger partial charge in [0.1, 0.15) is 29.8 Å². The number of nitrogens with zero attached hydrogens (tertiary/aromatic N) is 8. The molecule has 0 saturated carbocycles. The number of hydrogen-bond donors (Lipinski definition) is 2. The van der Waals surface area contributed by atoms with Crippen molar-refractivity contribution in [1.82, 2.24) is 25.1 Å². The molecule has 17 heteroatoms. The minimum absolute atomic E-state index is 0.0904. The molecule has 6 aliphatic rings. The van der Waals surface area contributed by atoms with Gasteiger partial charge in [-0.1, -0.05) is 0 Å². The van der Waals surface area contributed by atoms with Crippen LogP contribution in [0.2, 0.25) is 0 Å². The van der Waals surface area contributed by atoms with Gasteiger partial charge in [-0.2, -0.15) is 0 Å². The molecule has 3 saturated heterocycles. The van der Waals surface area contributed by atoms with Crippen molar-refractivity contribution in [2.75, 3.05) is 83.9 Å². The first kappa shape index (κ1) is 41.3. The average Bonchev–Trinajstić information content (AvgIpc) is 3.50. The van der Waals surface area contributed by atoms with E-state index in [-0.39, 0.29) is 12.8 Å². The molecule has 1 atom stereocenters. The maximum Gasteiger partial charge on any atom is 0.415 e. The Hall–Kier alpha value is -6.75. The zero-order valence-electron chi connectivity index (χ0n) is 36.6. The normalized spacial score (nSPS) is 20.3. The van der Waals surface area contributed by atoms with Gasteiger partial charge in [-0.3, -0.25) is 39.2 Å². The van der Waals surface area contributed by atoms with Crippen LogP contribution in [0.5, 0.6) is 5.88 Å². The van der Waals surface area contributed by atoms with Crippen LogP contribution < -0.4 is 35.0 Å². The third-order valence-electron chi connectivity index (χ3n) is 13.1. The second kappa shape index (κ2) is 16.1. The molecule has 0 aliphatic carbocycles. The van der Waals surface area contributed by atoms with Crippen LogP contribution in [0.15, 0.2) is 60.9 Å². The molecular weight excluding hydrogens is 817 g/mol. The minimum Gasteiger partial charge on any atom is -0.474 e. The summed E-state index contributed by atoms with van der Waals surface area (Å²) in [6.07, 6.45) is 4.46. The number of carbonyl (C=O) groups is 5. The topological polar surface area (TPSA) is 173 Å². The van der Waals surface area contributed by atoms with Gasteiger partial charge in [-0.15, -0.1) is 0 Å². The molecule has 0 radical (unpaired) electrons. The third-order valence-corrected chi connectivity index (χ3v) is 13.1. The van der Waals surface area contributed by atoms with E-state index in [0.717, 1.165) is 85.6 Å². The Balaban J connectivity index is 0.722. The highest BCUT2D eigenvalue weighted by Crippen LogP contribution is 2.40. The van der Waals surface area contributed by atoms with E-state index >= 15 is 0 Å². The van der Waals surface area contributed by atoms with Crippen molar-refractivity contribution in [2.45, 2.75) is 71.2 Å². The summed E-state index contributed by atoms with van der Waals surface area (Å²) >= 11 is 0. The first-order valence-electron chi connectivity index (χ1n) is 22.1. The number of hydrogen-bond acceptors (Lipinski definition) is 14. The predicted molar refractivity (Wildman–Crippen MR) is 240 cm³/mol. The number of piperazine rings is 1. The van der Waals surface area contributed by atoms with Crippen LogP contribution in [0.25, 0.3) is 0 Å². The summed E-state index contributed by atoms with van der Waals surface area (Å²) in [4.78, 5) is 85.3. The zero-order valence-corrected chi connectivity index (χ0v) is 36.6. The fraction of sp³-hybridized carbons (Fsp3) is 0.426. The molecule has 17 nitrogen and oxygen atoms in total. The van der Waals surface area contributed by atoms with Crippen molar-refractivity contribution < 1.29 is 33.4 Å². The predicted octanol–water partition coefficient (Wildman–Crippen LogP) is 4.64. The maximum atomic E-state index is 13.3. The lowest BCUT2D eigenvalue weighted by molar-refractivity contribution is -0.136. The SMILES string of the molecule is Cc1c(N2CCc3cnc(Nc4ccc(N5CCN(C6CN(c7ccc8c(c7)C(=O)N(C7CCC(=O)NC7=O)C8=O)C6)CC5)cc4)cc3C2)cnc2c1N(C(=O)OC(C)(C)C)CCO2. The second-order valence-electron chi connectivity index (χ2n) is 18.3. The number of carbonyl (C=O) groups excluding carboxylic acids is 5. The van der Waals surface area contributed by atoms with E-state index in [9.17, 15) is 24.0 Å². The third kappa shape index (κ3) is 7.71. The molecule has 64 heavy (non-hydrogen) atoms. The van der Waals surface area contributed by atoms with Crippen LogP contribution in [0, 0.1) is 6.92 Å². The number of amides is 5. The summed E-state index contributed by atoms with van der Waals surface area (Å²) in [6.45, 7) is 15.1. The van der Waals surface area contributed by atoms with Crippen molar-refractivity contribution in [2.24, 2.45) is 0 Å². The van der Waals surface area contributed by atoms with Crippen LogP contribution in [0.4, 0.5) is 39.0 Å². The fourth-order valence-electron chi connectivity index (χ4n) is 9.66. The van der Waals surface area contributed by atoms with Gasteiger partial charge >= 0.3 is 6.09 Å². The van der Waals surface area contributed by atoms with Gasteiger partial charge in [0.2, 0.25) is 17.7 Å². The summed E-state index contributed by atoms with van der Waals surface area (Å²) in [5.74, 6) is -0.760. The highest BCUT2D eigenvalue weighted by molar-refractivity contribution is 6.23. The first-order chi connectivity index (χ1) is 30.8. The molecule has 1 unspecified atom stereocenters. The van der Waals surface area contributed by atoms with Crippen LogP contribution >= 0.6 is 0 Å². The summed E-state index contributed by atoms with van der Waals surface area (Å²) in [5.41, 5.74) is 7.92. The number of aromatic nitrogens is 2. The van der Waals surface area contributed by atoms with Crippen molar-refractivity contribution in [3.63, 3.8) is 0 Å². The fourth-order valence-corrected chi connectivity index (χ4v) is 9.66. The summed E-state index contributed by atoms with van der Waals surface area (Å²) in [5, 5.41) is 5.76. The molecule has 10 rings (SSSR count). The molecule has 3 fully saturated rings. The van der Waals surface area contributed by atoms with E-state index in [1.165, 1.54) is 16.8 Å². The molecule has 0 spiro atoms. The Morgan fingerprint density at radius 1 is 0.812 bits per heavy atom. The lowest BCUT2D eigenvalue weighted by Crippen LogP contribution is -2.63. The van der Waals surface area contributed by atoms with E-state index in [1.807, 2.05) is 46.2 Å². The van der Waals surface area contributed by atoms with Gasteiger partial charge in [0.25, 0.3) is 11.8 Å². The van der Waals surface area contributed by atoms with E-state index in [4.69, 9.17) is 14.5 Å². The number of rotatable bonds is 7. The quantitative estimate of drug-likeness (QED) is 0.246. The Labute approximate surface area is 371 Å². The maximum absolute atomic E-state index is 13.3. The Bertz CT molecular complexity index is 2560. The van der Waals surface area contributed by atoms with Gasteiger partial charge < -0.3 is 29.5 Å². The second-order valence-corrected chi connectivity index (χ2v) is 18.3. The Morgan fingerprint density at radius 2 is 1.56 bits per heavy atom. The molecule has 5 amide bonds. The lowest BCUT2D eigenvalue weighted by Gasteiger charge is -2.49. The van der Waals surface area contributed by atoms with Gasteiger partial charge in [-0.05, 0) is 100 Å². The van der Waals surface area contributed by atoms with Crippen LogP contribution in [-0.2, 0) is 27.3 Å². The number of fused-ring (bicyclic) bond motifs is 3. The van der Waals surface area contributed by atoms with Gasteiger partial charge in [0, 0.05) is 93.6 Å². The van der Waals surface area contributed by atoms with Crippen molar-refractivity contribution in [3.05, 3.63) is 88.7 Å². The van der Waals surface area contributed by atoms with Crippen LogP contribution in [0.1, 0.15) is 71.0 Å². The highest BCUT2D eigenvalue weighted by atomic mass is 16.6. The molecule has 8 heterocycles.